The third-order valence-electron chi connectivity index (χ3n) is 1.59. The number of rotatable bonds is 3. The molecule has 2 amide bonds. The fourth-order valence-corrected chi connectivity index (χ4v) is 0.787. The molecule has 0 rings (SSSR count). The molecule has 0 heterocycles. The van der Waals surface area contributed by atoms with Crippen LogP contribution in [0.2, 0.25) is 0 Å². The van der Waals surface area contributed by atoms with Gasteiger partial charge in [0.05, 0.1) is 0 Å². The minimum absolute atomic E-state index is 0.0526. The summed E-state index contributed by atoms with van der Waals surface area (Å²) in [6.45, 7) is 1.67. The molecule has 72 valence electrons. The van der Waals surface area contributed by atoms with E-state index in [0.717, 1.165) is 13.1 Å². The topological polar surface area (TPSA) is 26.8 Å². The lowest BCUT2D eigenvalue weighted by molar-refractivity contribution is 0.177. The van der Waals surface area contributed by atoms with E-state index in [0.29, 0.717) is 0 Å². The van der Waals surface area contributed by atoms with E-state index in [-0.39, 0.29) is 6.03 Å². The van der Waals surface area contributed by atoms with Crippen molar-refractivity contribution in [3.05, 3.63) is 0 Å². The van der Waals surface area contributed by atoms with Crippen LogP contribution in [0.1, 0.15) is 0 Å². The van der Waals surface area contributed by atoms with Crippen molar-refractivity contribution in [3.8, 4) is 0 Å². The van der Waals surface area contributed by atoms with E-state index in [1.807, 2.05) is 21.1 Å². The third kappa shape index (κ3) is 4.18. The summed E-state index contributed by atoms with van der Waals surface area (Å²) in [4.78, 5) is 16.6. The Morgan fingerprint density at radius 2 is 1.50 bits per heavy atom. The minimum atomic E-state index is 0.0526. The van der Waals surface area contributed by atoms with E-state index in [2.05, 4.69) is 4.90 Å². The van der Waals surface area contributed by atoms with Crippen molar-refractivity contribution in [2.75, 3.05) is 48.3 Å². The van der Waals surface area contributed by atoms with Crippen LogP contribution in [0.25, 0.3) is 0 Å². The minimum Gasteiger partial charge on any atom is -0.331 e. The zero-order valence-corrected chi connectivity index (χ0v) is 8.66. The van der Waals surface area contributed by atoms with Gasteiger partial charge in [-0.25, -0.2) is 4.79 Å². The summed E-state index contributed by atoms with van der Waals surface area (Å²) in [5, 5.41) is 0. The van der Waals surface area contributed by atoms with E-state index in [4.69, 9.17) is 0 Å². The lowest BCUT2D eigenvalue weighted by Crippen LogP contribution is -2.39. The zero-order valence-electron chi connectivity index (χ0n) is 8.66. The monoisotopic (exact) mass is 173 g/mol. The van der Waals surface area contributed by atoms with Gasteiger partial charge in [-0.2, -0.15) is 0 Å². The van der Waals surface area contributed by atoms with Gasteiger partial charge >= 0.3 is 6.03 Å². The maximum absolute atomic E-state index is 11.3. The molecule has 12 heavy (non-hydrogen) atoms. The quantitative estimate of drug-likeness (QED) is 0.608. The first-order valence-electron chi connectivity index (χ1n) is 4.02. The number of hydrogen-bond acceptors (Lipinski definition) is 2. The van der Waals surface area contributed by atoms with Crippen LogP contribution in [-0.4, -0.2) is 69.1 Å². The van der Waals surface area contributed by atoms with Crippen molar-refractivity contribution >= 4 is 6.03 Å². The predicted octanol–water partition coefficient (Wildman–Crippen LogP) is 0.161. The summed E-state index contributed by atoms with van der Waals surface area (Å²) in [6.07, 6.45) is 0. The summed E-state index contributed by atoms with van der Waals surface area (Å²) in [5.41, 5.74) is 0. The number of carbonyl (C=O) groups excluding carboxylic acids is 1. The van der Waals surface area contributed by atoms with Gasteiger partial charge in [-0.3, -0.25) is 0 Å². The Morgan fingerprint density at radius 3 is 1.83 bits per heavy atom. The van der Waals surface area contributed by atoms with Crippen LogP contribution in [-0.2, 0) is 0 Å². The van der Waals surface area contributed by atoms with Crippen LogP contribution in [0.3, 0.4) is 0 Å². The summed E-state index contributed by atoms with van der Waals surface area (Å²) in [6, 6.07) is 0.0526. The lowest BCUT2D eigenvalue weighted by atomic mass is 10.5. The van der Waals surface area contributed by atoms with Crippen LogP contribution in [0, 0.1) is 0 Å². The van der Waals surface area contributed by atoms with E-state index < -0.39 is 0 Å². The molecule has 0 aliphatic heterocycles. The first-order valence-corrected chi connectivity index (χ1v) is 4.02. The highest BCUT2D eigenvalue weighted by molar-refractivity contribution is 5.73. The highest BCUT2D eigenvalue weighted by Crippen LogP contribution is 1.90. The van der Waals surface area contributed by atoms with Gasteiger partial charge in [0.25, 0.3) is 0 Å². The molecule has 4 nitrogen and oxygen atoms in total. The molecule has 0 aliphatic carbocycles. The summed E-state index contributed by atoms with van der Waals surface area (Å²) in [5.74, 6) is 0. The van der Waals surface area contributed by atoms with E-state index in [1.54, 1.807) is 23.9 Å². The van der Waals surface area contributed by atoms with Gasteiger partial charge in [0.15, 0.2) is 0 Å². The molecule has 0 saturated heterocycles. The van der Waals surface area contributed by atoms with Gasteiger partial charge in [-0.1, -0.05) is 0 Å². The number of amides is 2. The normalized spacial score (nSPS) is 10.2. The molecule has 0 spiro atoms. The van der Waals surface area contributed by atoms with E-state index >= 15 is 0 Å². The molecule has 0 aliphatic rings. The Balaban J connectivity index is 3.72. The Labute approximate surface area is 74.7 Å². The van der Waals surface area contributed by atoms with Gasteiger partial charge < -0.3 is 14.7 Å². The number of carbonyl (C=O) groups is 1. The van der Waals surface area contributed by atoms with E-state index in [9.17, 15) is 4.79 Å². The number of urea groups is 1. The SMILES string of the molecule is CN(C)CCN(C)C(=O)N(C)C. The Morgan fingerprint density at radius 1 is 1.00 bits per heavy atom. The molecule has 0 aromatic heterocycles. The van der Waals surface area contributed by atoms with Gasteiger partial charge in [0.2, 0.25) is 0 Å². The third-order valence-corrected chi connectivity index (χ3v) is 1.59. The standard InChI is InChI=1S/C8H19N3O/c1-9(2)6-7-11(5)8(12)10(3)4/h6-7H2,1-5H3. The fraction of sp³-hybridized carbons (Fsp3) is 0.875. The highest BCUT2D eigenvalue weighted by Gasteiger charge is 2.09. The van der Waals surface area contributed by atoms with Crippen LogP contribution < -0.4 is 0 Å². The number of hydrogen-bond donors (Lipinski definition) is 0. The van der Waals surface area contributed by atoms with Crippen molar-refractivity contribution in [1.82, 2.24) is 14.7 Å². The largest absolute Gasteiger partial charge is 0.331 e. The Hall–Kier alpha value is -0.770. The molecule has 0 fully saturated rings. The van der Waals surface area contributed by atoms with Gasteiger partial charge in [0, 0.05) is 34.2 Å². The van der Waals surface area contributed by atoms with Gasteiger partial charge in [-0.05, 0) is 14.1 Å². The first kappa shape index (κ1) is 11.2. The molecular weight excluding hydrogens is 154 g/mol. The molecule has 0 radical (unpaired) electrons. The average molecular weight is 173 g/mol. The summed E-state index contributed by atoms with van der Waals surface area (Å²) >= 11 is 0. The number of nitrogens with zero attached hydrogens (tertiary/aromatic N) is 3. The van der Waals surface area contributed by atoms with Crippen LogP contribution in [0.15, 0.2) is 0 Å². The highest BCUT2D eigenvalue weighted by atomic mass is 16.2. The van der Waals surface area contributed by atoms with Crippen molar-refractivity contribution in [2.45, 2.75) is 0 Å². The zero-order chi connectivity index (χ0) is 9.72. The van der Waals surface area contributed by atoms with Crippen LogP contribution >= 0.6 is 0 Å². The second-order valence-electron chi connectivity index (χ2n) is 3.40. The van der Waals surface area contributed by atoms with Crippen molar-refractivity contribution in [3.63, 3.8) is 0 Å². The second-order valence-corrected chi connectivity index (χ2v) is 3.40. The van der Waals surface area contributed by atoms with Gasteiger partial charge in [0.1, 0.15) is 0 Å². The molecule has 0 saturated carbocycles. The molecular formula is C8H19N3O. The van der Waals surface area contributed by atoms with Crippen LogP contribution in [0.5, 0.6) is 0 Å². The maximum atomic E-state index is 11.3. The summed E-state index contributed by atoms with van der Waals surface area (Å²) < 4.78 is 0. The molecule has 0 bridgehead atoms. The summed E-state index contributed by atoms with van der Waals surface area (Å²) in [7, 11) is 9.32. The molecule has 4 heteroatoms. The van der Waals surface area contributed by atoms with Crippen molar-refractivity contribution in [1.29, 1.82) is 0 Å². The van der Waals surface area contributed by atoms with Crippen molar-refractivity contribution < 1.29 is 4.79 Å². The smallest absolute Gasteiger partial charge is 0.319 e. The van der Waals surface area contributed by atoms with E-state index in [1.165, 1.54) is 0 Å². The van der Waals surface area contributed by atoms with Gasteiger partial charge in [-0.15, -0.1) is 0 Å². The number of likely N-dealkylation sites (N-methyl/N-ethyl adjacent to an activating group) is 2. The molecule has 0 N–H and O–H groups in total. The predicted molar refractivity (Wildman–Crippen MR) is 50.3 cm³/mol. The molecule has 0 aromatic carbocycles. The molecule has 0 atom stereocenters. The average Bonchev–Trinajstić information content (AvgIpc) is 1.98. The molecule has 0 aromatic rings. The van der Waals surface area contributed by atoms with Crippen molar-refractivity contribution in [2.24, 2.45) is 0 Å². The molecule has 0 unspecified atom stereocenters. The van der Waals surface area contributed by atoms with Crippen LogP contribution in [0.4, 0.5) is 4.79 Å². The Kier molecular flexibility index (Phi) is 4.66. The first-order chi connectivity index (χ1) is 5.45. The second kappa shape index (κ2) is 4.98. The fourth-order valence-electron chi connectivity index (χ4n) is 0.787. The Bertz CT molecular complexity index is 145. The maximum Gasteiger partial charge on any atom is 0.319 e. The lowest BCUT2D eigenvalue weighted by Gasteiger charge is -2.23.